The summed E-state index contributed by atoms with van der Waals surface area (Å²) in [6.45, 7) is 1.87. The normalized spacial score (nSPS) is 12.0. The molecule has 0 spiro atoms. The zero-order valence-corrected chi connectivity index (χ0v) is 10.2. The Kier molecular flexibility index (Phi) is 4.34. The van der Waals surface area contributed by atoms with Gasteiger partial charge >= 0.3 is 5.97 Å². The maximum Gasteiger partial charge on any atom is 0.312 e. The molecule has 1 unspecified atom stereocenters. The molecule has 3 N–H and O–H groups in total. The van der Waals surface area contributed by atoms with Gasteiger partial charge in [-0.25, -0.2) is 0 Å². The second-order valence-corrected chi connectivity index (χ2v) is 3.69. The van der Waals surface area contributed by atoms with E-state index in [9.17, 15) is 4.79 Å². The van der Waals surface area contributed by atoms with Gasteiger partial charge in [0, 0.05) is 6.54 Å². The molecular formula is C12H17NO4. The Labute approximate surface area is 100 Å². The molecule has 0 aliphatic carbocycles. The lowest BCUT2D eigenvalue weighted by Gasteiger charge is -2.16. The molecule has 0 aliphatic heterocycles. The molecule has 94 valence electrons. The Bertz CT molecular complexity index is 417. The third-order valence-corrected chi connectivity index (χ3v) is 2.68. The van der Waals surface area contributed by atoms with Crippen molar-refractivity contribution in [3.8, 4) is 11.5 Å². The van der Waals surface area contributed by atoms with Crippen LogP contribution in [0.1, 0.15) is 17.0 Å². The van der Waals surface area contributed by atoms with E-state index < -0.39 is 11.9 Å². The molecule has 1 aromatic carbocycles. The van der Waals surface area contributed by atoms with Crippen LogP contribution in [0.25, 0.3) is 0 Å². The summed E-state index contributed by atoms with van der Waals surface area (Å²) in [7, 11) is 3.05. The van der Waals surface area contributed by atoms with Crippen LogP contribution in [0.2, 0.25) is 0 Å². The summed E-state index contributed by atoms with van der Waals surface area (Å²) >= 11 is 0. The lowest BCUT2D eigenvalue weighted by Crippen LogP contribution is -2.22. The number of ether oxygens (including phenoxy) is 2. The van der Waals surface area contributed by atoms with Gasteiger partial charge in [-0.2, -0.15) is 0 Å². The van der Waals surface area contributed by atoms with Crippen LogP contribution >= 0.6 is 0 Å². The summed E-state index contributed by atoms with van der Waals surface area (Å²) < 4.78 is 10.3. The van der Waals surface area contributed by atoms with E-state index in [0.717, 1.165) is 5.56 Å². The number of nitrogens with two attached hydrogens (primary N) is 1. The van der Waals surface area contributed by atoms with Crippen molar-refractivity contribution in [2.24, 2.45) is 5.73 Å². The smallest absolute Gasteiger partial charge is 0.312 e. The molecule has 17 heavy (non-hydrogen) atoms. The van der Waals surface area contributed by atoms with Crippen LogP contribution < -0.4 is 15.2 Å². The first-order valence-corrected chi connectivity index (χ1v) is 5.20. The predicted octanol–water partition coefficient (Wildman–Crippen LogP) is 1.14. The number of aryl methyl sites for hydroxylation is 1. The Morgan fingerprint density at radius 1 is 1.35 bits per heavy atom. The number of hydrogen-bond acceptors (Lipinski definition) is 4. The summed E-state index contributed by atoms with van der Waals surface area (Å²) in [6, 6.07) is 3.42. The highest BCUT2D eigenvalue weighted by Crippen LogP contribution is 2.33. The van der Waals surface area contributed by atoms with Gasteiger partial charge in [0.05, 0.1) is 20.1 Å². The fraction of sp³-hybridized carbons (Fsp3) is 0.417. The molecule has 0 saturated carbocycles. The van der Waals surface area contributed by atoms with Crippen LogP contribution in [0.4, 0.5) is 0 Å². The second-order valence-electron chi connectivity index (χ2n) is 3.69. The minimum Gasteiger partial charge on any atom is -0.493 e. The zero-order chi connectivity index (χ0) is 13.0. The summed E-state index contributed by atoms with van der Waals surface area (Å²) in [5.74, 6) is -0.583. The number of aliphatic carboxylic acids is 1. The van der Waals surface area contributed by atoms with Gasteiger partial charge in [-0.1, -0.05) is 0 Å². The topological polar surface area (TPSA) is 81.8 Å². The van der Waals surface area contributed by atoms with Gasteiger partial charge in [0.1, 0.15) is 0 Å². The van der Waals surface area contributed by atoms with Gasteiger partial charge in [0.25, 0.3) is 0 Å². The molecule has 1 aromatic rings. The van der Waals surface area contributed by atoms with E-state index in [1.54, 1.807) is 12.1 Å². The maximum absolute atomic E-state index is 11.1. The van der Waals surface area contributed by atoms with Gasteiger partial charge in [0.15, 0.2) is 11.5 Å². The quantitative estimate of drug-likeness (QED) is 0.805. The van der Waals surface area contributed by atoms with Crippen LogP contribution in [0, 0.1) is 6.92 Å². The van der Waals surface area contributed by atoms with E-state index in [4.69, 9.17) is 20.3 Å². The van der Waals surface area contributed by atoms with Crippen molar-refractivity contribution in [2.45, 2.75) is 12.8 Å². The predicted molar refractivity (Wildman–Crippen MR) is 63.7 cm³/mol. The van der Waals surface area contributed by atoms with Gasteiger partial charge in [-0.3, -0.25) is 4.79 Å². The average molecular weight is 239 g/mol. The van der Waals surface area contributed by atoms with Gasteiger partial charge in [0.2, 0.25) is 0 Å². The van der Waals surface area contributed by atoms with Crippen molar-refractivity contribution in [1.82, 2.24) is 0 Å². The number of methoxy groups -OCH3 is 2. The highest BCUT2D eigenvalue weighted by molar-refractivity contribution is 5.77. The third kappa shape index (κ3) is 2.68. The molecule has 1 atom stereocenters. The molecule has 0 aromatic heterocycles. The molecule has 5 heteroatoms. The second kappa shape index (κ2) is 5.54. The first-order chi connectivity index (χ1) is 8.04. The van der Waals surface area contributed by atoms with E-state index in [0.29, 0.717) is 17.1 Å². The summed E-state index contributed by atoms with van der Waals surface area (Å²) in [5, 5.41) is 9.09. The van der Waals surface area contributed by atoms with Crippen LogP contribution in [0.3, 0.4) is 0 Å². The number of carbonyl (C=O) groups is 1. The summed E-state index contributed by atoms with van der Waals surface area (Å²) in [5.41, 5.74) is 6.95. The van der Waals surface area contributed by atoms with Crippen LogP contribution in [0.5, 0.6) is 11.5 Å². The number of benzene rings is 1. The third-order valence-electron chi connectivity index (χ3n) is 2.68. The van der Waals surface area contributed by atoms with Crippen molar-refractivity contribution >= 4 is 5.97 Å². The Hall–Kier alpha value is -1.75. The van der Waals surface area contributed by atoms with Crippen molar-refractivity contribution in [2.75, 3.05) is 20.8 Å². The van der Waals surface area contributed by atoms with E-state index in [1.165, 1.54) is 14.2 Å². The highest BCUT2D eigenvalue weighted by atomic mass is 16.5. The molecule has 0 amide bonds. The van der Waals surface area contributed by atoms with E-state index in [2.05, 4.69) is 0 Å². The van der Waals surface area contributed by atoms with Crippen molar-refractivity contribution in [3.05, 3.63) is 23.3 Å². The van der Waals surface area contributed by atoms with Gasteiger partial charge in [-0.15, -0.1) is 0 Å². The summed E-state index contributed by atoms with van der Waals surface area (Å²) in [6.07, 6.45) is 0. The van der Waals surface area contributed by atoms with Crippen LogP contribution in [-0.4, -0.2) is 31.8 Å². The molecule has 0 bridgehead atoms. The Morgan fingerprint density at radius 3 is 2.29 bits per heavy atom. The molecule has 1 rings (SSSR count). The molecular weight excluding hydrogens is 222 g/mol. The van der Waals surface area contributed by atoms with E-state index >= 15 is 0 Å². The molecule has 0 aliphatic rings. The molecule has 0 fully saturated rings. The lowest BCUT2D eigenvalue weighted by molar-refractivity contribution is -0.138. The Balaban J connectivity index is 3.29. The number of hydrogen-bond donors (Lipinski definition) is 2. The molecule has 0 saturated heterocycles. The minimum absolute atomic E-state index is 0.0473. The lowest BCUT2D eigenvalue weighted by atomic mass is 9.94. The van der Waals surface area contributed by atoms with Crippen molar-refractivity contribution in [1.29, 1.82) is 0 Å². The number of rotatable bonds is 5. The fourth-order valence-electron chi connectivity index (χ4n) is 1.73. The van der Waals surface area contributed by atoms with E-state index in [1.807, 2.05) is 6.92 Å². The van der Waals surface area contributed by atoms with Gasteiger partial charge < -0.3 is 20.3 Å². The number of carboxylic acid groups (broad SMARTS) is 1. The Morgan fingerprint density at radius 2 is 1.88 bits per heavy atom. The van der Waals surface area contributed by atoms with Crippen molar-refractivity contribution < 1.29 is 19.4 Å². The monoisotopic (exact) mass is 239 g/mol. The average Bonchev–Trinajstić information content (AvgIpc) is 2.31. The fourth-order valence-corrected chi connectivity index (χ4v) is 1.73. The van der Waals surface area contributed by atoms with Crippen LogP contribution in [0.15, 0.2) is 12.1 Å². The number of carboxylic acids is 1. The van der Waals surface area contributed by atoms with Crippen LogP contribution in [-0.2, 0) is 4.79 Å². The molecule has 0 heterocycles. The zero-order valence-electron chi connectivity index (χ0n) is 10.2. The first-order valence-electron chi connectivity index (χ1n) is 5.20. The largest absolute Gasteiger partial charge is 0.493 e. The van der Waals surface area contributed by atoms with Gasteiger partial charge in [-0.05, 0) is 30.2 Å². The van der Waals surface area contributed by atoms with Crippen molar-refractivity contribution in [3.63, 3.8) is 0 Å². The molecule has 0 radical (unpaired) electrons. The SMILES string of the molecule is COc1cc(C)c(C(CN)C(=O)O)cc1OC. The maximum atomic E-state index is 11.1. The van der Waals surface area contributed by atoms with E-state index in [-0.39, 0.29) is 6.54 Å². The molecule has 5 nitrogen and oxygen atoms in total. The highest BCUT2D eigenvalue weighted by Gasteiger charge is 2.22. The standard InChI is InChI=1S/C12H17NO4/c1-7-4-10(16-2)11(17-3)5-8(7)9(6-13)12(14)15/h4-5,9H,6,13H2,1-3H3,(H,14,15). The first kappa shape index (κ1) is 13.3. The minimum atomic E-state index is -0.942. The summed E-state index contributed by atoms with van der Waals surface area (Å²) in [4.78, 5) is 11.1.